The summed E-state index contributed by atoms with van der Waals surface area (Å²) < 4.78 is 0. The van der Waals surface area contributed by atoms with Crippen LogP contribution in [0.2, 0.25) is 0 Å². The zero-order chi connectivity index (χ0) is 43.2. The molecule has 12 nitrogen and oxygen atoms in total. The van der Waals surface area contributed by atoms with Crippen LogP contribution in [0.1, 0.15) is 148 Å². The van der Waals surface area contributed by atoms with E-state index in [0.29, 0.717) is 6.54 Å². The SMILES string of the molecule is C1=N[C@@H]2CCCC[C@H]2N=Cc2cccc(n2)C=N[C@@H]2CCCC[C@H]2N=Cc2cccc(n2)CN[C@@H]2CCCC[C@H]2N=Cc2cccc(n2)C=N[C@@H]2CCCC[C@H]2N=Cc2cccc1n2. The molecule has 8 bridgehead atoms. The molecule has 0 aromatic carbocycles. The van der Waals surface area contributed by atoms with Gasteiger partial charge in [0.2, 0.25) is 0 Å². The fraction of sp³-hybridized carbons (Fsp3) is 0.481. The number of pyridine rings is 4. The molecule has 0 saturated heterocycles. The zero-order valence-corrected chi connectivity index (χ0v) is 37.0. The number of aliphatic imine (C=N–C) groups is 7. The van der Waals surface area contributed by atoms with Crippen LogP contribution < -0.4 is 5.32 Å². The van der Waals surface area contributed by atoms with E-state index in [2.05, 4.69) is 17.4 Å². The summed E-state index contributed by atoms with van der Waals surface area (Å²) >= 11 is 0. The Kier molecular flexibility index (Phi) is 15.1. The number of nitrogens with one attached hydrogen (secondary N) is 1. The van der Waals surface area contributed by atoms with Crippen LogP contribution in [0.5, 0.6) is 0 Å². The van der Waals surface area contributed by atoms with E-state index in [0.717, 1.165) is 135 Å². The van der Waals surface area contributed by atoms with Crippen LogP contribution in [0.15, 0.2) is 108 Å². The van der Waals surface area contributed by atoms with Gasteiger partial charge in [0.1, 0.15) is 0 Å². The molecule has 64 heavy (non-hydrogen) atoms. The van der Waals surface area contributed by atoms with Crippen LogP contribution in [0.3, 0.4) is 0 Å². The first kappa shape index (κ1) is 43.5. The van der Waals surface area contributed by atoms with Crippen LogP contribution in [-0.2, 0) is 6.54 Å². The third-order valence-corrected chi connectivity index (χ3v) is 13.3. The molecular formula is C52H62N12. The summed E-state index contributed by atoms with van der Waals surface area (Å²) in [6, 6.07) is 25.5. The Labute approximate surface area is 378 Å². The average Bonchev–Trinajstić information content (AvgIpc) is 3.35. The van der Waals surface area contributed by atoms with Crippen molar-refractivity contribution in [3.63, 3.8) is 0 Å². The summed E-state index contributed by atoms with van der Waals surface area (Å²) in [6.45, 7) is 0.681. The molecule has 12 heteroatoms. The molecule has 8 atom stereocenters. The van der Waals surface area contributed by atoms with E-state index in [1.807, 2.05) is 104 Å². The number of rotatable bonds is 0. The summed E-state index contributed by atoms with van der Waals surface area (Å²) in [5, 5.41) is 3.81. The van der Waals surface area contributed by atoms with E-state index < -0.39 is 0 Å². The van der Waals surface area contributed by atoms with Gasteiger partial charge in [-0.15, -0.1) is 0 Å². The Balaban J connectivity index is 0.974. The highest BCUT2D eigenvalue weighted by Crippen LogP contribution is 2.27. The van der Waals surface area contributed by atoms with Crippen LogP contribution in [-0.4, -0.2) is 112 Å². The zero-order valence-electron chi connectivity index (χ0n) is 37.0. The maximum Gasteiger partial charge on any atom is 0.0815 e. The van der Waals surface area contributed by atoms with Crippen molar-refractivity contribution in [3.8, 4) is 0 Å². The first-order valence-corrected chi connectivity index (χ1v) is 24.0. The molecule has 4 fully saturated rings. The second-order valence-corrected chi connectivity index (χ2v) is 18.1. The van der Waals surface area contributed by atoms with Gasteiger partial charge in [-0.3, -0.25) is 39.9 Å². The van der Waals surface area contributed by atoms with Gasteiger partial charge in [0.15, 0.2) is 0 Å². The monoisotopic (exact) mass is 855 g/mol. The lowest BCUT2D eigenvalue weighted by Crippen LogP contribution is -2.41. The van der Waals surface area contributed by atoms with E-state index in [1.54, 1.807) is 0 Å². The molecule has 5 aliphatic rings. The molecule has 4 saturated carbocycles. The van der Waals surface area contributed by atoms with Gasteiger partial charge >= 0.3 is 0 Å². The highest BCUT2D eigenvalue weighted by atomic mass is 15.0. The number of hydrogen-bond donors (Lipinski definition) is 1. The van der Waals surface area contributed by atoms with Gasteiger partial charge in [-0.2, -0.15) is 0 Å². The van der Waals surface area contributed by atoms with Crippen molar-refractivity contribution < 1.29 is 0 Å². The van der Waals surface area contributed by atoms with Crippen molar-refractivity contribution in [2.45, 2.75) is 158 Å². The third kappa shape index (κ3) is 12.3. The van der Waals surface area contributed by atoms with E-state index in [9.17, 15) is 0 Å². The minimum atomic E-state index is 0.0938. The van der Waals surface area contributed by atoms with E-state index >= 15 is 0 Å². The molecule has 0 spiro atoms. The van der Waals surface area contributed by atoms with Crippen LogP contribution in [0, 0.1) is 0 Å². The number of fused-ring (bicyclic) bond motifs is 12. The molecule has 9 rings (SSSR count). The predicted octanol–water partition coefficient (Wildman–Crippen LogP) is 8.65. The van der Waals surface area contributed by atoms with E-state index in [-0.39, 0.29) is 48.3 Å². The van der Waals surface area contributed by atoms with Gasteiger partial charge in [-0.1, -0.05) is 75.6 Å². The Morgan fingerprint density at radius 2 is 0.562 bits per heavy atom. The van der Waals surface area contributed by atoms with Gasteiger partial charge in [0, 0.05) is 56.1 Å². The Morgan fingerprint density at radius 3 is 0.906 bits per heavy atom. The fourth-order valence-corrected chi connectivity index (χ4v) is 9.79. The van der Waals surface area contributed by atoms with Crippen molar-refractivity contribution in [3.05, 3.63) is 118 Å². The van der Waals surface area contributed by atoms with Crippen LogP contribution >= 0.6 is 0 Å². The molecule has 330 valence electrons. The van der Waals surface area contributed by atoms with Gasteiger partial charge in [0.05, 0.1) is 87.8 Å². The molecule has 4 aromatic heterocycles. The van der Waals surface area contributed by atoms with Crippen molar-refractivity contribution in [2.24, 2.45) is 34.9 Å². The lowest BCUT2D eigenvalue weighted by molar-refractivity contribution is 0.328. The standard InChI is InChI=1S/C52H62N12/c1-2-22-46-45(21-1)53-29-37-13-9-15-39(61-37)31-55-47-23-3-4-24-48(47)57-33-41-17-11-19-43(63-41)35-59-51-27-7-8-28-52(51)60-36-44-20-12-18-42(64-44)34-58-50-26-6-5-25-49(50)56-32-40-16-10-14-38(62-40)30-54-46/h9-20,29-35,45-52,60H,1-8,21-28,36H2/t45-,46-,47-,48-,49-,50-,51-,52-/m1/s1. The average molecular weight is 855 g/mol. The smallest absolute Gasteiger partial charge is 0.0815 e. The van der Waals surface area contributed by atoms with Crippen LogP contribution in [0.25, 0.3) is 0 Å². The Hall–Kier alpha value is -5.75. The summed E-state index contributed by atoms with van der Waals surface area (Å²) in [7, 11) is 0. The molecule has 1 aliphatic heterocycles. The number of hydrogen-bond acceptors (Lipinski definition) is 12. The summed E-state index contributed by atoms with van der Waals surface area (Å²) in [5.74, 6) is 0. The minimum absolute atomic E-state index is 0.0938. The fourth-order valence-electron chi connectivity index (χ4n) is 9.79. The quantitative estimate of drug-likeness (QED) is 0.188. The van der Waals surface area contributed by atoms with Crippen molar-refractivity contribution >= 4 is 43.5 Å². The normalized spacial score (nSPS) is 28.0. The predicted molar refractivity (Wildman–Crippen MR) is 261 cm³/mol. The van der Waals surface area contributed by atoms with E-state index in [4.69, 9.17) is 54.9 Å². The lowest BCUT2D eigenvalue weighted by Gasteiger charge is -2.29. The molecule has 1 N–H and O–H groups in total. The second-order valence-electron chi connectivity index (χ2n) is 18.1. The van der Waals surface area contributed by atoms with Gasteiger partial charge < -0.3 is 5.32 Å². The summed E-state index contributed by atoms with van der Waals surface area (Å²) in [5.41, 5.74) is 6.89. The summed E-state index contributed by atoms with van der Waals surface area (Å²) in [4.78, 5) is 55.2. The number of nitrogens with zero attached hydrogens (tertiary/aromatic N) is 11. The van der Waals surface area contributed by atoms with Crippen molar-refractivity contribution in [1.29, 1.82) is 0 Å². The first-order chi connectivity index (χ1) is 31.7. The highest BCUT2D eigenvalue weighted by molar-refractivity contribution is 5.84. The molecule has 0 unspecified atom stereocenters. The largest absolute Gasteiger partial charge is 0.306 e. The number of aromatic nitrogens is 4. The van der Waals surface area contributed by atoms with Crippen molar-refractivity contribution in [2.75, 3.05) is 0 Å². The maximum absolute atomic E-state index is 5.11. The maximum atomic E-state index is 5.11. The topological polar surface area (TPSA) is 150 Å². The first-order valence-electron chi connectivity index (χ1n) is 24.0. The Bertz CT molecular complexity index is 2370. The van der Waals surface area contributed by atoms with Gasteiger partial charge in [-0.25, -0.2) is 15.0 Å². The van der Waals surface area contributed by atoms with Crippen LogP contribution in [0.4, 0.5) is 0 Å². The van der Waals surface area contributed by atoms with Gasteiger partial charge in [-0.05, 0) is 99.9 Å². The molecule has 4 aromatic rings. The third-order valence-electron chi connectivity index (χ3n) is 13.3. The van der Waals surface area contributed by atoms with Crippen molar-refractivity contribution in [1.82, 2.24) is 25.3 Å². The van der Waals surface area contributed by atoms with Gasteiger partial charge in [0.25, 0.3) is 0 Å². The molecule has 0 radical (unpaired) electrons. The second kappa shape index (κ2) is 22.2. The lowest BCUT2D eigenvalue weighted by atomic mass is 9.90. The molecule has 0 amide bonds. The molecule has 4 aliphatic carbocycles. The molecule has 5 heterocycles. The highest BCUT2D eigenvalue weighted by Gasteiger charge is 2.27. The summed E-state index contributed by atoms with van der Waals surface area (Å²) in [6.07, 6.45) is 30.9. The Morgan fingerprint density at radius 1 is 0.297 bits per heavy atom. The van der Waals surface area contributed by atoms with E-state index in [1.165, 1.54) is 12.8 Å². The molecular weight excluding hydrogens is 793 g/mol. The minimum Gasteiger partial charge on any atom is -0.306 e.